The normalized spacial score (nSPS) is 10.7. The average Bonchev–Trinajstić information content (AvgIpc) is 1.72. The summed E-state index contributed by atoms with van der Waals surface area (Å²) < 4.78 is 0. The summed E-state index contributed by atoms with van der Waals surface area (Å²) in [5.41, 5.74) is 0.750. The van der Waals surface area contributed by atoms with E-state index in [0.717, 1.165) is 12.0 Å². The fourth-order valence-electron chi connectivity index (χ4n) is 0.269. The van der Waals surface area contributed by atoms with E-state index < -0.39 is 0 Å². The molecule has 0 rings (SSSR count). The molecule has 7 heavy (non-hydrogen) atoms. The molecule has 0 amide bonds. The summed E-state index contributed by atoms with van der Waals surface area (Å²) in [6, 6.07) is 2.00. The number of hydrogen-bond donors (Lipinski definition) is 0. The Labute approximate surface area is 44.3 Å². The van der Waals surface area contributed by atoms with E-state index in [0.29, 0.717) is 0 Å². The van der Waals surface area contributed by atoms with E-state index in [-0.39, 0.29) is 0 Å². The first kappa shape index (κ1) is 6.23. The van der Waals surface area contributed by atoms with Gasteiger partial charge in [0, 0.05) is 5.57 Å². The Morgan fingerprint density at radius 1 is 2.00 bits per heavy atom. The van der Waals surface area contributed by atoms with Crippen LogP contribution < -0.4 is 0 Å². The van der Waals surface area contributed by atoms with Crippen LogP contribution in [0.5, 0.6) is 0 Å². The summed E-state index contributed by atoms with van der Waals surface area (Å²) in [5, 5.41) is 8.17. The maximum atomic E-state index is 8.17. The van der Waals surface area contributed by atoms with Gasteiger partial charge in [-0.2, -0.15) is 5.26 Å². The third-order valence-corrected chi connectivity index (χ3v) is 0.771. The molecule has 0 saturated heterocycles. The van der Waals surface area contributed by atoms with E-state index in [1.807, 2.05) is 13.0 Å². The molecule has 37 valence electrons. The Morgan fingerprint density at radius 3 is 2.57 bits per heavy atom. The molecule has 1 radical (unpaired) electrons. The van der Waals surface area contributed by atoms with Crippen LogP contribution in [0.2, 0.25) is 0 Å². The first-order valence-corrected chi connectivity index (χ1v) is 2.23. The lowest BCUT2D eigenvalue weighted by atomic mass is 10.2. The minimum Gasteiger partial charge on any atom is -0.193 e. The maximum Gasteiger partial charge on any atom is 0.0943 e. The molecule has 0 atom stereocenters. The first-order valence-electron chi connectivity index (χ1n) is 2.23. The summed E-state index contributed by atoms with van der Waals surface area (Å²) in [5.74, 6) is 0. The van der Waals surface area contributed by atoms with Crippen molar-refractivity contribution in [3.05, 3.63) is 18.6 Å². The lowest BCUT2D eigenvalue weighted by molar-refractivity contribution is 1.15. The van der Waals surface area contributed by atoms with E-state index in [2.05, 4.69) is 6.92 Å². The Morgan fingerprint density at radius 2 is 2.57 bits per heavy atom. The number of nitriles is 1. The van der Waals surface area contributed by atoms with Gasteiger partial charge in [-0.25, -0.2) is 0 Å². The summed E-state index contributed by atoms with van der Waals surface area (Å²) in [6.45, 7) is 5.37. The van der Waals surface area contributed by atoms with Crippen LogP contribution in [-0.4, -0.2) is 0 Å². The SMILES string of the molecule is [CH2]/C=C(\C#N)CC. The molecule has 0 saturated carbocycles. The number of rotatable bonds is 1. The van der Waals surface area contributed by atoms with Gasteiger partial charge >= 0.3 is 0 Å². The Hall–Kier alpha value is -0.770. The molecule has 0 aromatic heterocycles. The van der Waals surface area contributed by atoms with Crippen molar-refractivity contribution in [1.82, 2.24) is 0 Å². The highest BCUT2D eigenvalue weighted by Gasteiger charge is 1.82. The molecule has 0 aliphatic carbocycles. The van der Waals surface area contributed by atoms with Crippen molar-refractivity contribution in [1.29, 1.82) is 5.26 Å². The van der Waals surface area contributed by atoms with Crippen LogP contribution in [0.3, 0.4) is 0 Å². The van der Waals surface area contributed by atoms with Crippen LogP contribution >= 0.6 is 0 Å². The highest BCUT2D eigenvalue weighted by Crippen LogP contribution is 1.94. The number of allylic oxidation sites excluding steroid dienone is 2. The summed E-state index contributed by atoms with van der Waals surface area (Å²) in [7, 11) is 0. The van der Waals surface area contributed by atoms with Gasteiger partial charge in [0.15, 0.2) is 0 Å². The molecule has 0 unspecified atom stereocenters. The van der Waals surface area contributed by atoms with Crippen LogP contribution in [0.4, 0.5) is 0 Å². The van der Waals surface area contributed by atoms with Crippen LogP contribution in [0.1, 0.15) is 13.3 Å². The monoisotopic (exact) mass is 94.1 g/mol. The van der Waals surface area contributed by atoms with Crippen molar-refractivity contribution >= 4 is 0 Å². The van der Waals surface area contributed by atoms with E-state index in [1.54, 1.807) is 6.08 Å². The highest BCUT2D eigenvalue weighted by molar-refractivity contribution is 5.20. The molecule has 0 aliphatic heterocycles. The van der Waals surface area contributed by atoms with Gasteiger partial charge in [0.25, 0.3) is 0 Å². The Kier molecular flexibility index (Phi) is 3.04. The molecule has 0 bridgehead atoms. The predicted octanol–water partition coefficient (Wildman–Crippen LogP) is 1.68. The number of nitrogens with zero attached hydrogens (tertiary/aromatic N) is 1. The third-order valence-electron chi connectivity index (χ3n) is 0.771. The van der Waals surface area contributed by atoms with Gasteiger partial charge < -0.3 is 0 Å². The molecule has 0 spiro atoms. The van der Waals surface area contributed by atoms with E-state index in [9.17, 15) is 0 Å². The van der Waals surface area contributed by atoms with E-state index in [1.165, 1.54) is 0 Å². The van der Waals surface area contributed by atoms with Gasteiger partial charge in [0.1, 0.15) is 0 Å². The molecule has 0 aromatic carbocycles. The van der Waals surface area contributed by atoms with Gasteiger partial charge in [-0.05, 0) is 13.3 Å². The molecule has 1 nitrogen and oxygen atoms in total. The first-order chi connectivity index (χ1) is 3.35. The third kappa shape index (κ3) is 1.99. The minimum atomic E-state index is 0.750. The largest absolute Gasteiger partial charge is 0.193 e. The summed E-state index contributed by atoms with van der Waals surface area (Å²) in [6.07, 6.45) is 2.38. The van der Waals surface area contributed by atoms with Crippen molar-refractivity contribution < 1.29 is 0 Å². The second-order valence-corrected chi connectivity index (χ2v) is 1.19. The Bertz CT molecular complexity index is 106. The fraction of sp³-hybridized carbons (Fsp3) is 0.333. The van der Waals surface area contributed by atoms with Crippen LogP contribution in [0, 0.1) is 18.3 Å². The van der Waals surface area contributed by atoms with Crippen LogP contribution in [0.25, 0.3) is 0 Å². The molecule has 1 heteroatoms. The lowest BCUT2D eigenvalue weighted by Crippen LogP contribution is -1.69. The fourth-order valence-corrected chi connectivity index (χ4v) is 0.269. The average molecular weight is 94.1 g/mol. The van der Waals surface area contributed by atoms with E-state index in [4.69, 9.17) is 5.26 Å². The second-order valence-electron chi connectivity index (χ2n) is 1.19. The molecule has 0 heterocycles. The molecule has 0 aliphatic rings. The molecular formula is C6H8N. The molecule has 0 fully saturated rings. The van der Waals surface area contributed by atoms with Gasteiger partial charge in [-0.3, -0.25) is 0 Å². The van der Waals surface area contributed by atoms with E-state index >= 15 is 0 Å². The van der Waals surface area contributed by atoms with Crippen molar-refractivity contribution in [3.8, 4) is 6.07 Å². The zero-order valence-electron chi connectivity index (χ0n) is 4.44. The predicted molar refractivity (Wildman–Crippen MR) is 29.3 cm³/mol. The van der Waals surface area contributed by atoms with Gasteiger partial charge in [-0.1, -0.05) is 13.0 Å². The lowest BCUT2D eigenvalue weighted by Gasteiger charge is -1.81. The van der Waals surface area contributed by atoms with Gasteiger partial charge in [0.2, 0.25) is 0 Å². The van der Waals surface area contributed by atoms with Crippen LogP contribution in [-0.2, 0) is 0 Å². The quantitative estimate of drug-likeness (QED) is 0.453. The topological polar surface area (TPSA) is 23.8 Å². The summed E-state index contributed by atoms with van der Waals surface area (Å²) in [4.78, 5) is 0. The number of hydrogen-bond acceptors (Lipinski definition) is 1. The standard InChI is InChI=1S/C6H8N/c1-3-6(4-2)5-7/h3H,1,4H2,2H3/b6-3-. The second kappa shape index (κ2) is 3.42. The van der Waals surface area contributed by atoms with Gasteiger partial charge in [0.05, 0.1) is 6.07 Å². The van der Waals surface area contributed by atoms with Crippen molar-refractivity contribution in [2.75, 3.05) is 0 Å². The Balaban J connectivity index is 3.68. The van der Waals surface area contributed by atoms with Crippen molar-refractivity contribution in [2.24, 2.45) is 0 Å². The summed E-state index contributed by atoms with van der Waals surface area (Å²) >= 11 is 0. The van der Waals surface area contributed by atoms with Crippen molar-refractivity contribution in [3.63, 3.8) is 0 Å². The molecular weight excluding hydrogens is 86.1 g/mol. The maximum absolute atomic E-state index is 8.17. The van der Waals surface area contributed by atoms with Crippen molar-refractivity contribution in [2.45, 2.75) is 13.3 Å². The molecule has 0 aromatic rings. The smallest absolute Gasteiger partial charge is 0.0943 e. The highest BCUT2D eigenvalue weighted by atomic mass is 14.2. The minimum absolute atomic E-state index is 0.750. The molecule has 0 N–H and O–H groups in total. The zero-order chi connectivity index (χ0) is 5.70. The zero-order valence-corrected chi connectivity index (χ0v) is 4.44. The van der Waals surface area contributed by atoms with Gasteiger partial charge in [-0.15, -0.1) is 0 Å². The van der Waals surface area contributed by atoms with Crippen LogP contribution in [0.15, 0.2) is 11.6 Å².